The Morgan fingerprint density at radius 1 is 0.610 bits per heavy atom. The van der Waals surface area contributed by atoms with Crippen molar-refractivity contribution in [2.45, 2.75) is 97.9 Å². The molecule has 1 rings (SSSR count). The molecule has 0 aromatic heterocycles. The van der Waals surface area contributed by atoms with Gasteiger partial charge in [0.25, 0.3) is 0 Å². The van der Waals surface area contributed by atoms with Crippen molar-refractivity contribution >= 4 is 59.1 Å². The number of aliphatic carboxylic acids is 1. The minimum absolute atomic E-state index is 0.0153. The highest BCUT2D eigenvalue weighted by molar-refractivity contribution is 6.00. The second-order valence-corrected chi connectivity index (χ2v) is 15.0. The fourth-order valence-corrected chi connectivity index (χ4v) is 5.36. The Labute approximate surface area is 343 Å². The first kappa shape index (κ1) is 50.7. The molecule has 0 saturated carbocycles. The number of rotatable bonds is 25. The maximum Gasteiger partial charge on any atom is 0.326 e. The van der Waals surface area contributed by atoms with Crippen LogP contribution in [-0.4, -0.2) is 114 Å². The number of hydrogen-bond donors (Lipinski definition) is 10. The number of carbonyl (C=O) groups excluding carboxylic acids is 9. The van der Waals surface area contributed by atoms with Gasteiger partial charge in [0.1, 0.15) is 30.2 Å². The Hall–Kier alpha value is -6.34. The SMILES string of the molecule is CC(=O)NC[C@H](NC(=O)/C=C/C(=O)NCC(=O)NCC(=O)N[C@@H](Cc1ccccc1)C(=O)O)C(=O)N[C@@H](CC(C)C)C(=O)N[C@@H](CC(C)C)C(=O)N[C@H](C(N)=O)C(C)C. The average Bonchev–Trinajstić information content (AvgIpc) is 3.14. The highest BCUT2D eigenvalue weighted by Gasteiger charge is 2.32. The molecule has 59 heavy (non-hydrogen) atoms. The summed E-state index contributed by atoms with van der Waals surface area (Å²) in [5.74, 6) is -8.74. The van der Waals surface area contributed by atoms with Gasteiger partial charge in [-0.15, -0.1) is 0 Å². The molecule has 0 aliphatic rings. The number of nitrogens with one attached hydrogen (secondary N) is 8. The zero-order valence-electron chi connectivity index (χ0n) is 34.5. The topological polar surface area (TPSA) is 313 Å². The van der Waals surface area contributed by atoms with E-state index >= 15 is 0 Å². The standard InChI is InChI=1S/C39H59N9O11/c1-21(2)15-26(36(55)46-27(16-22(3)4)37(56)48-34(23(5)6)35(40)54)47-38(57)29(18-41-24(7)49)45-31(51)14-13-30(50)42-19-32(52)43-20-33(53)44-28(39(58)59)17-25-11-9-8-10-12-25/h8-14,21-23,26-29,34H,15-20H2,1-7H3,(H2,40,54)(H,41,49)(H,42,50)(H,43,52)(H,44,53)(H,45,51)(H,46,55)(H,47,57)(H,48,56)(H,58,59)/b14-13+/t26-,27-,28-,29-,34-/m0/s1. The van der Waals surface area contributed by atoms with E-state index in [0.29, 0.717) is 5.56 Å². The Morgan fingerprint density at radius 2 is 1.12 bits per heavy atom. The van der Waals surface area contributed by atoms with Crippen molar-refractivity contribution in [3.8, 4) is 0 Å². The monoisotopic (exact) mass is 829 g/mol. The summed E-state index contributed by atoms with van der Waals surface area (Å²) in [4.78, 5) is 125. The van der Waals surface area contributed by atoms with E-state index in [2.05, 4.69) is 42.5 Å². The lowest BCUT2D eigenvalue weighted by molar-refractivity contribution is -0.141. The quantitative estimate of drug-likeness (QED) is 0.0476. The van der Waals surface area contributed by atoms with E-state index in [9.17, 15) is 53.1 Å². The van der Waals surface area contributed by atoms with Crippen LogP contribution in [0.4, 0.5) is 0 Å². The summed E-state index contributed by atoms with van der Waals surface area (Å²) in [7, 11) is 0. The Balaban J connectivity index is 2.89. The third-order valence-electron chi connectivity index (χ3n) is 8.31. The molecule has 1 aromatic carbocycles. The van der Waals surface area contributed by atoms with Crippen LogP contribution in [0.15, 0.2) is 42.5 Å². The number of primary amides is 1. The van der Waals surface area contributed by atoms with Crippen molar-refractivity contribution < 1.29 is 53.1 Å². The van der Waals surface area contributed by atoms with Gasteiger partial charge < -0.3 is 53.4 Å². The lowest BCUT2D eigenvalue weighted by Gasteiger charge is -2.28. The van der Waals surface area contributed by atoms with E-state index in [-0.39, 0.29) is 37.0 Å². The summed E-state index contributed by atoms with van der Waals surface area (Å²) >= 11 is 0. The average molecular weight is 830 g/mol. The minimum atomic E-state index is -1.44. The smallest absolute Gasteiger partial charge is 0.326 e. The van der Waals surface area contributed by atoms with Crippen LogP contribution in [0.3, 0.4) is 0 Å². The van der Waals surface area contributed by atoms with E-state index in [1.807, 2.05) is 13.8 Å². The van der Waals surface area contributed by atoms with Gasteiger partial charge in [-0.25, -0.2) is 4.79 Å². The molecule has 20 heteroatoms. The maximum absolute atomic E-state index is 13.6. The van der Waals surface area contributed by atoms with Crippen molar-refractivity contribution in [1.29, 1.82) is 0 Å². The molecule has 20 nitrogen and oxygen atoms in total. The predicted octanol–water partition coefficient (Wildman–Crippen LogP) is -2.10. The first-order valence-electron chi connectivity index (χ1n) is 19.1. The number of hydrogen-bond acceptors (Lipinski definition) is 10. The molecule has 0 aliphatic heterocycles. The molecule has 0 heterocycles. The van der Waals surface area contributed by atoms with Gasteiger partial charge in [0.05, 0.1) is 13.1 Å². The molecule has 9 amide bonds. The van der Waals surface area contributed by atoms with Crippen LogP contribution in [0.2, 0.25) is 0 Å². The fourth-order valence-electron chi connectivity index (χ4n) is 5.36. The van der Waals surface area contributed by atoms with Crippen LogP contribution in [0, 0.1) is 17.8 Å². The number of benzene rings is 1. The molecule has 0 saturated heterocycles. The van der Waals surface area contributed by atoms with Gasteiger partial charge in [-0.3, -0.25) is 43.2 Å². The van der Waals surface area contributed by atoms with Crippen LogP contribution >= 0.6 is 0 Å². The maximum atomic E-state index is 13.6. The molecule has 0 spiro atoms. The molecule has 0 fully saturated rings. The third-order valence-corrected chi connectivity index (χ3v) is 8.31. The zero-order chi connectivity index (χ0) is 44.8. The number of carboxylic acid groups (broad SMARTS) is 1. The highest BCUT2D eigenvalue weighted by Crippen LogP contribution is 2.11. The minimum Gasteiger partial charge on any atom is -0.480 e. The number of amides is 9. The lowest BCUT2D eigenvalue weighted by atomic mass is 9.98. The largest absolute Gasteiger partial charge is 0.480 e. The van der Waals surface area contributed by atoms with Crippen molar-refractivity contribution in [3.63, 3.8) is 0 Å². The number of carbonyl (C=O) groups is 10. The van der Waals surface area contributed by atoms with Gasteiger partial charge >= 0.3 is 5.97 Å². The van der Waals surface area contributed by atoms with Gasteiger partial charge in [-0.1, -0.05) is 71.9 Å². The van der Waals surface area contributed by atoms with E-state index in [1.165, 1.54) is 6.92 Å². The van der Waals surface area contributed by atoms with Crippen molar-refractivity contribution in [1.82, 2.24) is 42.5 Å². The van der Waals surface area contributed by atoms with Gasteiger partial charge in [0.2, 0.25) is 53.2 Å². The van der Waals surface area contributed by atoms with Gasteiger partial charge in [0.15, 0.2) is 0 Å². The number of carboxylic acids is 1. The summed E-state index contributed by atoms with van der Waals surface area (Å²) in [5, 5.41) is 28.8. The van der Waals surface area contributed by atoms with Crippen LogP contribution < -0.4 is 48.3 Å². The summed E-state index contributed by atoms with van der Waals surface area (Å²) in [6.45, 7) is 10.2. The summed E-state index contributed by atoms with van der Waals surface area (Å²) < 4.78 is 0. The van der Waals surface area contributed by atoms with Gasteiger partial charge in [-0.2, -0.15) is 0 Å². The lowest BCUT2D eigenvalue weighted by Crippen LogP contribution is -2.60. The van der Waals surface area contributed by atoms with Crippen LogP contribution in [-0.2, 0) is 54.4 Å². The number of nitrogens with two attached hydrogens (primary N) is 1. The Morgan fingerprint density at radius 3 is 1.61 bits per heavy atom. The molecule has 0 radical (unpaired) electrons. The zero-order valence-corrected chi connectivity index (χ0v) is 34.5. The summed E-state index contributed by atoms with van der Waals surface area (Å²) in [6.07, 6.45) is 1.84. The highest BCUT2D eigenvalue weighted by atomic mass is 16.4. The molecule has 1 aromatic rings. The molecule has 0 unspecified atom stereocenters. The molecular formula is C39H59N9O11. The molecule has 0 bridgehead atoms. The van der Waals surface area contributed by atoms with Gasteiger partial charge in [-0.05, 0) is 36.2 Å². The predicted molar refractivity (Wildman–Crippen MR) is 214 cm³/mol. The first-order chi connectivity index (χ1) is 27.6. The van der Waals surface area contributed by atoms with Crippen LogP contribution in [0.1, 0.15) is 66.9 Å². The molecule has 5 atom stereocenters. The molecule has 0 aliphatic carbocycles. The Bertz CT molecular complexity index is 1680. The third kappa shape index (κ3) is 21.1. The fraction of sp³-hybridized carbons (Fsp3) is 0.538. The van der Waals surface area contributed by atoms with E-state index < -0.39 is 109 Å². The van der Waals surface area contributed by atoms with Crippen molar-refractivity contribution in [2.75, 3.05) is 19.6 Å². The molecule has 11 N–H and O–H groups in total. The van der Waals surface area contributed by atoms with Crippen molar-refractivity contribution in [2.24, 2.45) is 23.5 Å². The summed E-state index contributed by atoms with van der Waals surface area (Å²) in [5.41, 5.74) is 6.13. The molecular weight excluding hydrogens is 770 g/mol. The van der Waals surface area contributed by atoms with E-state index in [1.54, 1.807) is 58.0 Å². The van der Waals surface area contributed by atoms with Crippen LogP contribution in [0.5, 0.6) is 0 Å². The Kier molecular flexibility index (Phi) is 22.2. The second kappa shape index (κ2) is 25.8. The molecule has 326 valence electrons. The first-order valence-corrected chi connectivity index (χ1v) is 19.1. The second-order valence-electron chi connectivity index (χ2n) is 15.0. The summed E-state index contributed by atoms with van der Waals surface area (Å²) in [6, 6.07) is 2.63. The normalized spacial score (nSPS) is 13.6. The van der Waals surface area contributed by atoms with Gasteiger partial charge in [0, 0.05) is 32.0 Å². The van der Waals surface area contributed by atoms with E-state index in [4.69, 9.17) is 5.73 Å². The van der Waals surface area contributed by atoms with Crippen LogP contribution in [0.25, 0.3) is 0 Å². The van der Waals surface area contributed by atoms with E-state index in [0.717, 1.165) is 12.2 Å². The van der Waals surface area contributed by atoms with Crippen molar-refractivity contribution in [3.05, 3.63) is 48.0 Å².